The fourth-order valence-corrected chi connectivity index (χ4v) is 6.57. The molecule has 10 heteroatoms. The Morgan fingerprint density at radius 3 is 2.29 bits per heavy atom. The van der Waals surface area contributed by atoms with Gasteiger partial charge in [-0.05, 0) is 57.0 Å². The lowest BCUT2D eigenvalue weighted by atomic mass is 9.95. The zero-order valence-electron chi connectivity index (χ0n) is 24.3. The summed E-state index contributed by atoms with van der Waals surface area (Å²) in [4.78, 5) is 28.7. The molecule has 1 atom stereocenters. The minimum absolute atomic E-state index is 0.00412. The van der Waals surface area contributed by atoms with Crippen molar-refractivity contribution in [3.63, 3.8) is 0 Å². The van der Waals surface area contributed by atoms with Crippen molar-refractivity contribution in [3.8, 4) is 5.75 Å². The minimum Gasteiger partial charge on any atom is -0.495 e. The molecule has 1 saturated carbocycles. The molecule has 0 bridgehead atoms. The van der Waals surface area contributed by atoms with Crippen LogP contribution >= 0.6 is 0 Å². The molecular formula is C32H38FN3O5S. The molecule has 3 aromatic carbocycles. The van der Waals surface area contributed by atoms with E-state index in [1.54, 1.807) is 61.5 Å². The van der Waals surface area contributed by atoms with Crippen molar-refractivity contribution in [2.75, 3.05) is 18.0 Å². The summed E-state index contributed by atoms with van der Waals surface area (Å²) in [6.45, 7) is 2.58. The summed E-state index contributed by atoms with van der Waals surface area (Å²) in [5, 5.41) is 3.04. The second-order valence-electron chi connectivity index (χ2n) is 10.6. The molecule has 3 aromatic rings. The molecule has 0 unspecified atom stereocenters. The van der Waals surface area contributed by atoms with Crippen LogP contribution in [-0.4, -0.2) is 50.9 Å². The van der Waals surface area contributed by atoms with Crippen molar-refractivity contribution in [1.82, 2.24) is 10.2 Å². The molecular weight excluding hydrogens is 557 g/mol. The zero-order chi connectivity index (χ0) is 30.3. The van der Waals surface area contributed by atoms with Gasteiger partial charge >= 0.3 is 0 Å². The van der Waals surface area contributed by atoms with E-state index in [2.05, 4.69) is 5.32 Å². The first kappa shape index (κ1) is 31.0. The van der Waals surface area contributed by atoms with E-state index in [9.17, 15) is 22.4 Å². The summed E-state index contributed by atoms with van der Waals surface area (Å²) in [5.74, 6) is -1.29. The van der Waals surface area contributed by atoms with E-state index < -0.39 is 34.3 Å². The quantitative estimate of drug-likeness (QED) is 0.329. The van der Waals surface area contributed by atoms with Gasteiger partial charge in [-0.1, -0.05) is 67.3 Å². The molecule has 1 aliphatic carbocycles. The molecule has 224 valence electrons. The number of hydrogen-bond acceptors (Lipinski definition) is 5. The van der Waals surface area contributed by atoms with Crippen LogP contribution in [0.2, 0.25) is 0 Å². The predicted octanol–water partition coefficient (Wildman–Crippen LogP) is 5.20. The smallest absolute Gasteiger partial charge is 0.264 e. The van der Waals surface area contributed by atoms with E-state index in [1.807, 2.05) is 6.92 Å². The Hall–Kier alpha value is -3.92. The molecule has 1 N–H and O–H groups in total. The molecule has 2 amide bonds. The normalized spacial score (nSPS) is 14.6. The van der Waals surface area contributed by atoms with Crippen LogP contribution in [0, 0.1) is 12.7 Å². The van der Waals surface area contributed by atoms with Gasteiger partial charge < -0.3 is 15.0 Å². The minimum atomic E-state index is -4.25. The van der Waals surface area contributed by atoms with Gasteiger partial charge in [-0.15, -0.1) is 0 Å². The maximum Gasteiger partial charge on any atom is 0.264 e. The molecule has 0 heterocycles. The predicted molar refractivity (Wildman–Crippen MR) is 160 cm³/mol. The van der Waals surface area contributed by atoms with Gasteiger partial charge in [-0.3, -0.25) is 13.9 Å². The number of carbonyl (C=O) groups excluding carboxylic acids is 2. The molecule has 0 saturated heterocycles. The summed E-state index contributed by atoms with van der Waals surface area (Å²) < 4.78 is 49.2. The molecule has 4 rings (SSSR count). The average molecular weight is 596 g/mol. The fraction of sp³-hybridized carbons (Fsp3) is 0.375. The van der Waals surface area contributed by atoms with Crippen LogP contribution in [0.3, 0.4) is 0 Å². The number of methoxy groups -OCH3 is 1. The van der Waals surface area contributed by atoms with Crippen LogP contribution in [0.15, 0.2) is 77.7 Å². The number of aryl methyl sites for hydroxylation is 1. The highest BCUT2D eigenvalue weighted by Gasteiger charge is 2.34. The number of anilines is 1. The Morgan fingerprint density at radius 1 is 0.976 bits per heavy atom. The van der Waals surface area contributed by atoms with E-state index in [1.165, 1.54) is 30.2 Å². The van der Waals surface area contributed by atoms with E-state index in [-0.39, 0.29) is 40.4 Å². The first-order chi connectivity index (χ1) is 20.1. The highest BCUT2D eigenvalue weighted by Crippen LogP contribution is 2.32. The number of nitrogens with zero attached hydrogens (tertiary/aromatic N) is 2. The summed E-state index contributed by atoms with van der Waals surface area (Å²) in [7, 11) is -2.83. The van der Waals surface area contributed by atoms with Crippen molar-refractivity contribution >= 4 is 27.5 Å². The third kappa shape index (κ3) is 7.28. The average Bonchev–Trinajstić information content (AvgIpc) is 2.99. The maximum atomic E-state index is 14.8. The van der Waals surface area contributed by atoms with E-state index >= 15 is 0 Å². The lowest BCUT2D eigenvalue weighted by Gasteiger charge is -2.33. The summed E-state index contributed by atoms with van der Waals surface area (Å²) in [6, 6.07) is 17.9. The van der Waals surface area contributed by atoms with Crippen molar-refractivity contribution in [3.05, 3.63) is 89.7 Å². The molecule has 8 nitrogen and oxygen atoms in total. The number of carbonyl (C=O) groups is 2. The Morgan fingerprint density at radius 2 is 1.62 bits per heavy atom. The van der Waals surface area contributed by atoms with E-state index in [0.717, 1.165) is 42.0 Å². The summed E-state index contributed by atoms with van der Waals surface area (Å²) in [5.41, 5.74) is 1.26. The fourth-order valence-electron chi connectivity index (χ4n) is 5.15. The Kier molecular flexibility index (Phi) is 10.2. The number of sulfonamides is 1. The lowest BCUT2D eigenvalue weighted by molar-refractivity contribution is -0.139. The molecule has 0 aliphatic heterocycles. The van der Waals surface area contributed by atoms with Gasteiger partial charge in [-0.25, -0.2) is 12.8 Å². The van der Waals surface area contributed by atoms with Gasteiger partial charge in [0, 0.05) is 18.2 Å². The van der Waals surface area contributed by atoms with Crippen LogP contribution < -0.4 is 14.4 Å². The lowest BCUT2D eigenvalue weighted by Crippen LogP contribution is -2.53. The number of rotatable bonds is 11. The van der Waals surface area contributed by atoms with Crippen LogP contribution in [0.5, 0.6) is 5.75 Å². The number of benzene rings is 3. The number of halogens is 1. The Bertz CT molecular complexity index is 1490. The summed E-state index contributed by atoms with van der Waals surface area (Å²) >= 11 is 0. The summed E-state index contributed by atoms with van der Waals surface area (Å²) in [6.07, 6.45) is 4.87. The molecule has 42 heavy (non-hydrogen) atoms. The van der Waals surface area contributed by atoms with Crippen molar-refractivity contribution in [1.29, 1.82) is 0 Å². The zero-order valence-corrected chi connectivity index (χ0v) is 25.1. The highest BCUT2D eigenvalue weighted by molar-refractivity contribution is 7.92. The van der Waals surface area contributed by atoms with Gasteiger partial charge in [0.25, 0.3) is 10.0 Å². The van der Waals surface area contributed by atoms with Gasteiger partial charge in [-0.2, -0.15) is 0 Å². The van der Waals surface area contributed by atoms with Crippen molar-refractivity contribution in [2.24, 2.45) is 0 Å². The van der Waals surface area contributed by atoms with E-state index in [4.69, 9.17) is 4.74 Å². The number of para-hydroxylation sites is 2. The van der Waals surface area contributed by atoms with Gasteiger partial charge in [0.2, 0.25) is 11.8 Å². The van der Waals surface area contributed by atoms with Crippen LogP contribution in [0.25, 0.3) is 0 Å². The third-order valence-corrected chi connectivity index (χ3v) is 9.43. The molecule has 0 spiro atoms. The van der Waals surface area contributed by atoms with Gasteiger partial charge in [0.15, 0.2) is 0 Å². The second-order valence-corrected chi connectivity index (χ2v) is 12.5. The monoisotopic (exact) mass is 595 g/mol. The second kappa shape index (κ2) is 13.8. The van der Waals surface area contributed by atoms with Gasteiger partial charge in [0.1, 0.15) is 24.2 Å². The van der Waals surface area contributed by atoms with Crippen LogP contribution in [0.4, 0.5) is 10.1 Å². The first-order valence-electron chi connectivity index (χ1n) is 14.2. The Balaban J connectivity index is 1.71. The standard InChI is InChI=1S/C32H38FN3O5S/c1-23-17-19-27(20-18-23)42(39,40)36(29-15-9-10-16-30(29)41-3)22-31(37)35(21-25-11-7-8-14-28(25)33)24(2)32(38)34-26-12-5-4-6-13-26/h7-11,14-20,24,26H,4-6,12-13,21-22H2,1-3H3,(H,34,38)/t24-/m1/s1. The highest BCUT2D eigenvalue weighted by atomic mass is 32.2. The third-order valence-electron chi connectivity index (χ3n) is 7.66. The van der Waals surface area contributed by atoms with Crippen LogP contribution in [0.1, 0.15) is 50.2 Å². The molecule has 0 radical (unpaired) electrons. The topological polar surface area (TPSA) is 96.0 Å². The number of amides is 2. The molecule has 1 fully saturated rings. The molecule has 0 aromatic heterocycles. The number of ether oxygens (including phenoxy) is 1. The van der Waals surface area contributed by atoms with E-state index in [0.29, 0.717) is 0 Å². The Labute approximate surface area is 247 Å². The van der Waals surface area contributed by atoms with Crippen molar-refractivity contribution in [2.45, 2.75) is 69.5 Å². The molecule has 1 aliphatic rings. The number of hydrogen-bond donors (Lipinski definition) is 1. The largest absolute Gasteiger partial charge is 0.495 e. The SMILES string of the molecule is COc1ccccc1N(CC(=O)N(Cc1ccccc1F)[C@H](C)C(=O)NC1CCCCC1)S(=O)(=O)c1ccc(C)cc1. The van der Waals surface area contributed by atoms with Crippen LogP contribution in [-0.2, 0) is 26.2 Å². The maximum absolute atomic E-state index is 14.8. The first-order valence-corrected chi connectivity index (χ1v) is 15.6. The van der Waals surface area contributed by atoms with Gasteiger partial charge in [0.05, 0.1) is 17.7 Å². The van der Waals surface area contributed by atoms with Crippen molar-refractivity contribution < 1.29 is 27.1 Å². The number of nitrogens with one attached hydrogen (secondary N) is 1.